The molecule has 6 heteroatoms. The number of aromatic nitrogens is 3. The molecular weight excluding hydrogens is 362 g/mol. The number of nitrogens with one attached hydrogen (secondary N) is 1. The molecule has 1 amide bonds. The molecule has 0 atom stereocenters. The van der Waals surface area contributed by atoms with E-state index >= 15 is 0 Å². The Morgan fingerprint density at radius 2 is 1.59 bits per heavy atom. The molecule has 2 aromatic heterocycles. The lowest BCUT2D eigenvalue weighted by Gasteiger charge is -2.18. The first kappa shape index (κ1) is 18.6. The monoisotopic (exact) mass is 383 g/mol. The van der Waals surface area contributed by atoms with Crippen LogP contribution >= 0.6 is 0 Å². The number of hydrogen-bond acceptors (Lipinski definition) is 5. The number of nitrogens with zero attached hydrogens (tertiary/aromatic N) is 4. The van der Waals surface area contributed by atoms with Gasteiger partial charge < -0.3 is 10.2 Å². The molecule has 0 aliphatic carbocycles. The third-order valence-corrected chi connectivity index (χ3v) is 4.76. The van der Waals surface area contributed by atoms with Crippen LogP contribution in [-0.2, 0) is 6.54 Å². The predicted octanol–water partition coefficient (Wildman–Crippen LogP) is 4.22. The van der Waals surface area contributed by atoms with E-state index in [0.29, 0.717) is 12.1 Å². The number of anilines is 2. The lowest BCUT2D eigenvalue weighted by Crippen LogP contribution is -2.26. The highest BCUT2D eigenvalue weighted by Crippen LogP contribution is 2.19. The Morgan fingerprint density at radius 1 is 0.931 bits per heavy atom. The molecule has 144 valence electrons. The normalized spacial score (nSPS) is 10.7. The van der Waals surface area contributed by atoms with Crippen LogP contribution in [-0.4, -0.2) is 27.9 Å². The lowest BCUT2D eigenvalue weighted by atomic mass is 10.1. The number of aryl methyl sites for hydroxylation is 1. The van der Waals surface area contributed by atoms with Gasteiger partial charge in [0.2, 0.25) is 0 Å². The number of rotatable bonds is 5. The zero-order valence-corrected chi connectivity index (χ0v) is 16.3. The summed E-state index contributed by atoms with van der Waals surface area (Å²) in [7, 11) is 1.77. The van der Waals surface area contributed by atoms with Gasteiger partial charge in [0.1, 0.15) is 5.82 Å². The van der Waals surface area contributed by atoms with Gasteiger partial charge in [0.25, 0.3) is 5.91 Å². The summed E-state index contributed by atoms with van der Waals surface area (Å²) in [5, 5.41) is 3.36. The molecule has 0 saturated carbocycles. The summed E-state index contributed by atoms with van der Waals surface area (Å²) < 4.78 is 0. The summed E-state index contributed by atoms with van der Waals surface area (Å²) in [5.41, 5.74) is 5.15. The van der Waals surface area contributed by atoms with Gasteiger partial charge in [-0.3, -0.25) is 9.78 Å². The number of carbonyl (C=O) groups is 1. The summed E-state index contributed by atoms with van der Waals surface area (Å²) in [6, 6.07) is 19.1. The lowest BCUT2D eigenvalue weighted by molar-refractivity contribution is 0.0993. The van der Waals surface area contributed by atoms with Crippen LogP contribution in [0.3, 0.4) is 0 Å². The van der Waals surface area contributed by atoms with Crippen molar-refractivity contribution in [3.05, 3.63) is 89.9 Å². The summed E-state index contributed by atoms with van der Waals surface area (Å²) in [6.45, 7) is 2.57. The van der Waals surface area contributed by atoms with E-state index in [0.717, 1.165) is 33.8 Å². The standard InChI is InChI=1S/C23H21N5O/c1-16-22(27-21-6-4-3-5-20(21)26-16)25-15-17-7-9-19(10-8-17)28(2)23(29)18-11-13-24-14-12-18/h3-14H,15H2,1-2H3,(H,25,27). The van der Waals surface area contributed by atoms with E-state index in [9.17, 15) is 4.79 Å². The molecule has 0 aliphatic rings. The van der Waals surface area contributed by atoms with Crippen molar-refractivity contribution in [1.82, 2.24) is 15.0 Å². The fourth-order valence-corrected chi connectivity index (χ4v) is 3.08. The minimum absolute atomic E-state index is 0.0691. The molecular formula is C23H21N5O. The second kappa shape index (κ2) is 8.06. The van der Waals surface area contributed by atoms with Gasteiger partial charge in [0, 0.05) is 37.2 Å². The molecule has 0 saturated heterocycles. The van der Waals surface area contributed by atoms with Gasteiger partial charge in [-0.2, -0.15) is 0 Å². The third kappa shape index (κ3) is 4.06. The Balaban J connectivity index is 1.45. The van der Waals surface area contributed by atoms with Gasteiger partial charge in [-0.15, -0.1) is 0 Å². The SMILES string of the molecule is Cc1nc2ccccc2nc1NCc1ccc(N(C)C(=O)c2ccncc2)cc1. The molecule has 0 aliphatic heterocycles. The molecule has 0 radical (unpaired) electrons. The highest BCUT2D eigenvalue weighted by molar-refractivity contribution is 6.05. The molecule has 0 unspecified atom stereocenters. The van der Waals surface area contributed by atoms with Gasteiger partial charge in [-0.25, -0.2) is 9.97 Å². The smallest absolute Gasteiger partial charge is 0.258 e. The molecule has 2 aromatic carbocycles. The van der Waals surface area contributed by atoms with Gasteiger partial charge in [-0.05, 0) is 48.9 Å². The number of benzene rings is 2. The van der Waals surface area contributed by atoms with E-state index in [-0.39, 0.29) is 5.91 Å². The second-order valence-electron chi connectivity index (χ2n) is 6.77. The second-order valence-corrected chi connectivity index (χ2v) is 6.77. The van der Waals surface area contributed by atoms with E-state index in [1.807, 2.05) is 55.5 Å². The first-order chi connectivity index (χ1) is 14.1. The Bertz CT molecular complexity index is 1140. The van der Waals surface area contributed by atoms with Crippen molar-refractivity contribution < 1.29 is 4.79 Å². The molecule has 4 aromatic rings. The van der Waals surface area contributed by atoms with Crippen molar-refractivity contribution in [3.8, 4) is 0 Å². The fourth-order valence-electron chi connectivity index (χ4n) is 3.08. The molecule has 29 heavy (non-hydrogen) atoms. The van der Waals surface area contributed by atoms with Gasteiger partial charge in [0.05, 0.1) is 16.7 Å². The first-order valence-corrected chi connectivity index (χ1v) is 9.36. The van der Waals surface area contributed by atoms with Crippen LogP contribution in [0.1, 0.15) is 21.6 Å². The van der Waals surface area contributed by atoms with Crippen molar-refractivity contribution in [3.63, 3.8) is 0 Å². The van der Waals surface area contributed by atoms with Crippen LogP contribution in [0.25, 0.3) is 11.0 Å². The maximum Gasteiger partial charge on any atom is 0.258 e. The Kier molecular flexibility index (Phi) is 5.16. The van der Waals surface area contributed by atoms with Gasteiger partial charge in [0.15, 0.2) is 0 Å². The Morgan fingerprint density at radius 3 is 2.28 bits per heavy atom. The highest BCUT2D eigenvalue weighted by Gasteiger charge is 2.13. The topological polar surface area (TPSA) is 71.0 Å². The highest BCUT2D eigenvalue weighted by atomic mass is 16.2. The van der Waals surface area contributed by atoms with Crippen molar-refractivity contribution in [2.75, 3.05) is 17.3 Å². The zero-order valence-electron chi connectivity index (χ0n) is 16.3. The maximum absolute atomic E-state index is 12.6. The molecule has 2 heterocycles. The average molecular weight is 383 g/mol. The summed E-state index contributed by atoms with van der Waals surface area (Å²) >= 11 is 0. The molecule has 1 N–H and O–H groups in total. The van der Waals surface area contributed by atoms with Crippen LogP contribution in [0.4, 0.5) is 11.5 Å². The number of amides is 1. The van der Waals surface area contributed by atoms with E-state index in [2.05, 4.69) is 20.3 Å². The van der Waals surface area contributed by atoms with Crippen LogP contribution in [0.5, 0.6) is 0 Å². The zero-order chi connectivity index (χ0) is 20.2. The van der Waals surface area contributed by atoms with Crippen LogP contribution < -0.4 is 10.2 Å². The number of fused-ring (bicyclic) bond motifs is 1. The molecule has 0 spiro atoms. The van der Waals surface area contributed by atoms with Crippen molar-refractivity contribution in [2.45, 2.75) is 13.5 Å². The summed E-state index contributed by atoms with van der Waals surface area (Å²) in [6.07, 6.45) is 3.24. The van der Waals surface area contributed by atoms with E-state index in [4.69, 9.17) is 0 Å². The largest absolute Gasteiger partial charge is 0.364 e. The third-order valence-electron chi connectivity index (χ3n) is 4.76. The van der Waals surface area contributed by atoms with Crippen molar-refractivity contribution in [2.24, 2.45) is 0 Å². The predicted molar refractivity (Wildman–Crippen MR) is 115 cm³/mol. The van der Waals surface area contributed by atoms with E-state index in [1.165, 1.54) is 0 Å². The Hall–Kier alpha value is -3.80. The fraction of sp³-hybridized carbons (Fsp3) is 0.130. The van der Waals surface area contributed by atoms with Crippen LogP contribution in [0, 0.1) is 6.92 Å². The number of para-hydroxylation sites is 2. The molecule has 0 bridgehead atoms. The minimum atomic E-state index is -0.0691. The number of hydrogen-bond donors (Lipinski definition) is 1. The summed E-state index contributed by atoms with van der Waals surface area (Å²) in [4.78, 5) is 27.4. The summed E-state index contributed by atoms with van der Waals surface area (Å²) in [5.74, 6) is 0.707. The quantitative estimate of drug-likeness (QED) is 0.559. The minimum Gasteiger partial charge on any atom is -0.364 e. The van der Waals surface area contributed by atoms with Gasteiger partial charge in [-0.1, -0.05) is 24.3 Å². The van der Waals surface area contributed by atoms with Crippen LogP contribution in [0.15, 0.2) is 73.1 Å². The molecule has 4 rings (SSSR count). The Labute approximate surface area is 169 Å². The molecule has 6 nitrogen and oxygen atoms in total. The average Bonchev–Trinajstić information content (AvgIpc) is 2.77. The van der Waals surface area contributed by atoms with Crippen LogP contribution in [0.2, 0.25) is 0 Å². The first-order valence-electron chi connectivity index (χ1n) is 9.36. The molecule has 0 fully saturated rings. The van der Waals surface area contributed by atoms with Gasteiger partial charge >= 0.3 is 0 Å². The van der Waals surface area contributed by atoms with E-state index < -0.39 is 0 Å². The van der Waals surface area contributed by atoms with E-state index in [1.54, 1.807) is 36.5 Å². The van der Waals surface area contributed by atoms with Crippen molar-refractivity contribution in [1.29, 1.82) is 0 Å². The van der Waals surface area contributed by atoms with Crippen molar-refractivity contribution >= 4 is 28.4 Å². The number of carbonyl (C=O) groups excluding carboxylic acids is 1. The number of pyridine rings is 1. The maximum atomic E-state index is 12.6.